The fraction of sp³-hybridized carbons (Fsp3) is 0.720. The van der Waals surface area contributed by atoms with Crippen LogP contribution in [0, 0.1) is 6.92 Å². The predicted octanol–water partition coefficient (Wildman–Crippen LogP) is 3.38. The van der Waals surface area contributed by atoms with Gasteiger partial charge >= 0.3 is 0 Å². The molecule has 1 aromatic rings. The van der Waals surface area contributed by atoms with Crippen molar-refractivity contribution in [2.75, 3.05) is 39.3 Å². The first kappa shape index (κ1) is 22.6. The highest BCUT2D eigenvalue weighted by Crippen LogP contribution is 2.22. The molecule has 0 amide bonds. The van der Waals surface area contributed by atoms with E-state index in [0.29, 0.717) is 6.04 Å². The van der Waals surface area contributed by atoms with E-state index in [2.05, 4.69) is 70.9 Å². The van der Waals surface area contributed by atoms with E-state index >= 15 is 0 Å². The molecule has 172 valence electrons. The number of aryl methyl sites for hydroxylation is 2. The van der Waals surface area contributed by atoms with Gasteiger partial charge in [0.25, 0.3) is 0 Å². The third-order valence-electron chi connectivity index (χ3n) is 7.30. The molecule has 0 spiro atoms. The molecule has 1 aromatic heterocycles. The fourth-order valence-corrected chi connectivity index (χ4v) is 5.36. The number of aromatic amines is 1. The van der Waals surface area contributed by atoms with Gasteiger partial charge in [-0.15, -0.1) is 0 Å². The minimum atomic E-state index is 0.253. The highest BCUT2D eigenvalue weighted by molar-refractivity contribution is 5.62. The van der Waals surface area contributed by atoms with Gasteiger partial charge in [-0.25, -0.2) is 4.98 Å². The molecule has 0 aromatic carbocycles. The van der Waals surface area contributed by atoms with Gasteiger partial charge in [-0.2, -0.15) is 0 Å². The van der Waals surface area contributed by atoms with Crippen LogP contribution in [0.2, 0.25) is 0 Å². The Bertz CT molecular complexity index is 771. The van der Waals surface area contributed by atoms with Gasteiger partial charge in [-0.1, -0.05) is 19.4 Å². The summed E-state index contributed by atoms with van der Waals surface area (Å²) in [5.74, 6) is 0.976. The summed E-state index contributed by atoms with van der Waals surface area (Å²) in [4.78, 5) is 16.3. The maximum absolute atomic E-state index is 4.79. The Morgan fingerprint density at radius 2 is 1.81 bits per heavy atom. The zero-order chi connectivity index (χ0) is 21.8. The van der Waals surface area contributed by atoms with Gasteiger partial charge in [0.1, 0.15) is 0 Å². The van der Waals surface area contributed by atoms with Gasteiger partial charge in [0.05, 0.1) is 17.6 Å². The van der Waals surface area contributed by atoms with Crippen molar-refractivity contribution in [2.24, 2.45) is 0 Å². The number of allylic oxidation sites excluding steroid dienone is 2. The van der Waals surface area contributed by atoms with Crippen LogP contribution in [-0.4, -0.2) is 82.2 Å². The first-order chi connectivity index (χ1) is 15.0. The van der Waals surface area contributed by atoms with Crippen LogP contribution in [0.3, 0.4) is 0 Å². The van der Waals surface area contributed by atoms with Crippen molar-refractivity contribution in [1.82, 2.24) is 30.0 Å². The lowest BCUT2D eigenvalue weighted by Gasteiger charge is -2.39. The number of hydrogen-bond donors (Lipinski definition) is 2. The second-order valence-electron chi connectivity index (χ2n) is 9.74. The van der Waals surface area contributed by atoms with Crippen LogP contribution < -0.4 is 5.32 Å². The molecule has 3 aliphatic rings. The van der Waals surface area contributed by atoms with Crippen molar-refractivity contribution < 1.29 is 0 Å². The van der Waals surface area contributed by atoms with Gasteiger partial charge in [0, 0.05) is 37.4 Å². The van der Waals surface area contributed by atoms with E-state index in [0.717, 1.165) is 49.2 Å². The summed E-state index contributed by atoms with van der Waals surface area (Å²) in [6.45, 7) is 16.2. The quantitative estimate of drug-likeness (QED) is 0.730. The third kappa shape index (κ3) is 5.41. The SMILES string of the molecule is CCCc1[nH]c(C2=CC=CC(N3CCCN(C4CCN(C(C)C)CC4)CC3)N2)nc1C. The molecule has 4 rings (SSSR count). The van der Waals surface area contributed by atoms with Crippen LogP contribution in [0.25, 0.3) is 5.70 Å². The zero-order valence-corrected chi connectivity index (χ0v) is 20.0. The molecule has 4 heterocycles. The lowest BCUT2D eigenvalue weighted by atomic mass is 10.0. The van der Waals surface area contributed by atoms with Crippen molar-refractivity contribution in [3.05, 3.63) is 35.4 Å². The van der Waals surface area contributed by atoms with Crippen molar-refractivity contribution in [1.29, 1.82) is 0 Å². The predicted molar refractivity (Wildman–Crippen MR) is 129 cm³/mol. The molecule has 2 fully saturated rings. The van der Waals surface area contributed by atoms with E-state index in [-0.39, 0.29) is 6.17 Å². The van der Waals surface area contributed by atoms with Crippen LogP contribution in [0.1, 0.15) is 63.7 Å². The Labute approximate surface area is 188 Å². The summed E-state index contributed by atoms with van der Waals surface area (Å²) in [5, 5.41) is 3.74. The lowest BCUT2D eigenvalue weighted by Crippen LogP contribution is -2.49. The summed E-state index contributed by atoms with van der Waals surface area (Å²) in [6, 6.07) is 1.45. The van der Waals surface area contributed by atoms with E-state index in [1.807, 2.05) is 0 Å². The maximum atomic E-state index is 4.79. The molecule has 0 bridgehead atoms. The molecule has 31 heavy (non-hydrogen) atoms. The molecule has 2 saturated heterocycles. The summed E-state index contributed by atoms with van der Waals surface area (Å²) in [7, 11) is 0. The van der Waals surface area contributed by atoms with E-state index in [9.17, 15) is 0 Å². The smallest absolute Gasteiger partial charge is 0.154 e. The maximum Gasteiger partial charge on any atom is 0.154 e. The summed E-state index contributed by atoms with van der Waals surface area (Å²) in [5.41, 5.74) is 3.50. The number of likely N-dealkylation sites (tertiary alicyclic amines) is 1. The number of hydrogen-bond acceptors (Lipinski definition) is 5. The van der Waals surface area contributed by atoms with Crippen molar-refractivity contribution in [3.63, 3.8) is 0 Å². The number of imidazole rings is 1. The number of dihydropyridines is 1. The number of rotatable bonds is 6. The molecule has 1 atom stereocenters. The van der Waals surface area contributed by atoms with Crippen LogP contribution in [0.5, 0.6) is 0 Å². The topological polar surface area (TPSA) is 50.4 Å². The third-order valence-corrected chi connectivity index (χ3v) is 7.30. The highest BCUT2D eigenvalue weighted by atomic mass is 15.3. The van der Waals surface area contributed by atoms with E-state index in [1.54, 1.807) is 0 Å². The van der Waals surface area contributed by atoms with Gasteiger partial charge in [-0.3, -0.25) is 9.80 Å². The van der Waals surface area contributed by atoms with Gasteiger partial charge < -0.3 is 15.2 Å². The van der Waals surface area contributed by atoms with E-state index in [4.69, 9.17) is 4.98 Å². The van der Waals surface area contributed by atoms with Crippen molar-refractivity contribution in [2.45, 2.75) is 78.0 Å². The van der Waals surface area contributed by atoms with Crippen LogP contribution in [-0.2, 0) is 6.42 Å². The molecular formula is C25H42N6. The first-order valence-corrected chi connectivity index (χ1v) is 12.5. The lowest BCUT2D eigenvalue weighted by molar-refractivity contribution is 0.0930. The Morgan fingerprint density at radius 1 is 1.06 bits per heavy atom. The Kier molecular flexibility index (Phi) is 7.51. The fourth-order valence-electron chi connectivity index (χ4n) is 5.36. The van der Waals surface area contributed by atoms with E-state index in [1.165, 1.54) is 51.1 Å². The number of nitrogens with one attached hydrogen (secondary N) is 2. The summed E-state index contributed by atoms with van der Waals surface area (Å²) < 4.78 is 0. The molecule has 2 N–H and O–H groups in total. The number of piperidine rings is 1. The van der Waals surface area contributed by atoms with Gasteiger partial charge in [0.15, 0.2) is 5.82 Å². The van der Waals surface area contributed by atoms with Gasteiger partial charge in [-0.05, 0) is 78.2 Å². The summed E-state index contributed by atoms with van der Waals surface area (Å²) >= 11 is 0. The van der Waals surface area contributed by atoms with Crippen molar-refractivity contribution >= 4 is 5.70 Å². The van der Waals surface area contributed by atoms with Gasteiger partial charge in [0.2, 0.25) is 0 Å². The second kappa shape index (κ2) is 10.3. The van der Waals surface area contributed by atoms with Crippen LogP contribution >= 0.6 is 0 Å². The second-order valence-corrected chi connectivity index (χ2v) is 9.74. The Hall–Kier alpha value is -1.63. The molecule has 1 unspecified atom stereocenters. The standard InChI is InChI=1S/C25H42N6/c1-5-8-22-20(4)26-25(28-22)23-9-6-10-24(27-23)31-14-7-13-30(17-18-31)21-11-15-29(16-12-21)19(2)3/h6,9-10,19,21,24,27H,5,7-8,11-18H2,1-4H3,(H,26,28). The number of aromatic nitrogens is 2. The van der Waals surface area contributed by atoms with Crippen molar-refractivity contribution in [3.8, 4) is 0 Å². The molecular weight excluding hydrogens is 384 g/mol. The zero-order valence-electron chi connectivity index (χ0n) is 20.0. The van der Waals surface area contributed by atoms with E-state index < -0.39 is 0 Å². The molecule has 3 aliphatic heterocycles. The molecule has 6 heteroatoms. The average Bonchev–Trinajstić information content (AvgIpc) is 2.99. The minimum absolute atomic E-state index is 0.253. The summed E-state index contributed by atoms with van der Waals surface area (Å²) in [6.07, 6.45) is 13.0. The highest BCUT2D eigenvalue weighted by Gasteiger charge is 2.29. The normalized spacial score (nSPS) is 24.9. The largest absolute Gasteiger partial charge is 0.363 e. The minimum Gasteiger partial charge on any atom is -0.363 e. The average molecular weight is 427 g/mol. The van der Waals surface area contributed by atoms with Crippen LogP contribution in [0.4, 0.5) is 0 Å². The Balaban J connectivity index is 1.32. The molecule has 0 aliphatic carbocycles. The number of nitrogens with zero attached hydrogens (tertiary/aromatic N) is 4. The van der Waals surface area contributed by atoms with Crippen LogP contribution in [0.15, 0.2) is 18.2 Å². The first-order valence-electron chi connectivity index (χ1n) is 12.5. The Morgan fingerprint density at radius 3 is 2.55 bits per heavy atom. The molecule has 0 radical (unpaired) electrons. The number of H-pyrrole nitrogens is 1. The monoisotopic (exact) mass is 426 g/mol. The molecule has 6 nitrogen and oxygen atoms in total. The molecule has 0 saturated carbocycles.